The second-order valence-corrected chi connectivity index (χ2v) is 4.72. The molecule has 1 aliphatic heterocycles. The summed E-state index contributed by atoms with van der Waals surface area (Å²) in [5, 5.41) is 10.7. The number of carboxylic acid groups (broad SMARTS) is 1. The van der Waals surface area contributed by atoms with Gasteiger partial charge in [0.05, 0.1) is 0 Å². The van der Waals surface area contributed by atoms with Crippen molar-refractivity contribution in [2.24, 2.45) is 0 Å². The van der Waals surface area contributed by atoms with E-state index >= 15 is 0 Å². The highest BCUT2D eigenvalue weighted by Gasteiger charge is 2.16. The first-order valence-electron chi connectivity index (χ1n) is 6.09. The zero-order valence-electron chi connectivity index (χ0n) is 10.6. The summed E-state index contributed by atoms with van der Waals surface area (Å²) in [7, 11) is 0. The Bertz CT molecular complexity index is 440. The Morgan fingerprint density at radius 3 is 2.56 bits per heavy atom. The molecule has 18 heavy (non-hydrogen) atoms. The number of nitrogens with two attached hydrogens (primary N) is 1. The molecule has 98 valence electrons. The summed E-state index contributed by atoms with van der Waals surface area (Å²) in [6, 6.07) is 6.07. The van der Waals surface area contributed by atoms with Gasteiger partial charge in [0.25, 0.3) is 0 Å². The molecular weight excluding hydrogens is 230 g/mol. The van der Waals surface area contributed by atoms with Crippen LogP contribution < -0.4 is 10.8 Å². The summed E-state index contributed by atoms with van der Waals surface area (Å²) in [5.74, 6) is 0. The highest BCUT2D eigenvalue weighted by atomic mass is 16.4. The number of anilines is 1. The summed E-state index contributed by atoms with van der Waals surface area (Å²) in [6.45, 7) is 5.31. The molecule has 1 amide bonds. The fraction of sp³-hybridized carbons (Fsp3) is 0.462. The van der Waals surface area contributed by atoms with Crippen LogP contribution in [0.4, 0.5) is 10.5 Å². The van der Waals surface area contributed by atoms with E-state index in [2.05, 4.69) is 11.0 Å². The molecule has 0 aliphatic carbocycles. The Morgan fingerprint density at radius 1 is 1.33 bits per heavy atom. The first-order chi connectivity index (χ1) is 8.56. The monoisotopic (exact) mass is 248 g/mol. The van der Waals surface area contributed by atoms with Crippen molar-refractivity contribution in [2.75, 3.05) is 31.9 Å². The van der Waals surface area contributed by atoms with Crippen LogP contribution in [0.1, 0.15) is 11.1 Å². The molecule has 0 saturated carbocycles. The Labute approximate surface area is 107 Å². The highest BCUT2D eigenvalue weighted by molar-refractivity contribution is 5.62. The van der Waals surface area contributed by atoms with Gasteiger partial charge >= 0.3 is 0 Å². The van der Waals surface area contributed by atoms with Crippen molar-refractivity contribution in [1.29, 1.82) is 0 Å². The van der Waals surface area contributed by atoms with E-state index in [9.17, 15) is 9.90 Å². The average Bonchev–Trinajstić information content (AvgIpc) is 2.34. The van der Waals surface area contributed by atoms with Crippen LogP contribution >= 0.6 is 0 Å². The summed E-state index contributed by atoms with van der Waals surface area (Å²) < 4.78 is 0. The number of nitrogen functional groups attached to an aromatic ring is 1. The lowest BCUT2D eigenvalue weighted by molar-refractivity contribution is -0.266. The molecule has 5 nitrogen and oxygen atoms in total. The molecule has 0 aromatic heterocycles. The van der Waals surface area contributed by atoms with Gasteiger partial charge in [-0.2, -0.15) is 0 Å². The number of carbonyl (C=O) groups is 1. The number of benzene rings is 1. The van der Waals surface area contributed by atoms with Crippen molar-refractivity contribution < 1.29 is 9.90 Å². The zero-order valence-corrected chi connectivity index (χ0v) is 10.6. The van der Waals surface area contributed by atoms with Crippen LogP contribution in [0.5, 0.6) is 0 Å². The van der Waals surface area contributed by atoms with Crippen LogP contribution in [-0.4, -0.2) is 42.1 Å². The lowest BCUT2D eigenvalue weighted by atomic mass is 10.1. The maximum atomic E-state index is 10.7. The van der Waals surface area contributed by atoms with E-state index in [0.717, 1.165) is 30.9 Å². The minimum atomic E-state index is -1.07. The van der Waals surface area contributed by atoms with Crippen molar-refractivity contribution >= 4 is 11.8 Å². The predicted octanol–water partition coefficient (Wildman–Crippen LogP) is 0.0381. The van der Waals surface area contributed by atoms with Crippen molar-refractivity contribution in [2.45, 2.75) is 13.5 Å². The number of nitrogens with zero attached hydrogens (tertiary/aromatic N) is 2. The highest BCUT2D eigenvalue weighted by Crippen LogP contribution is 2.15. The van der Waals surface area contributed by atoms with E-state index in [-0.39, 0.29) is 0 Å². The minimum absolute atomic E-state index is 0.518. The fourth-order valence-electron chi connectivity index (χ4n) is 2.14. The molecular formula is C13H18N3O2-. The third-order valence-corrected chi connectivity index (χ3v) is 3.38. The minimum Gasteiger partial charge on any atom is -0.530 e. The zero-order chi connectivity index (χ0) is 13.1. The number of carbonyl (C=O) groups excluding carboxylic acids is 1. The van der Waals surface area contributed by atoms with Gasteiger partial charge in [-0.25, -0.2) is 0 Å². The van der Waals surface area contributed by atoms with E-state index < -0.39 is 6.09 Å². The van der Waals surface area contributed by atoms with Gasteiger partial charge in [-0.15, -0.1) is 0 Å². The molecule has 0 atom stereocenters. The number of hydrogen-bond acceptors (Lipinski definition) is 4. The largest absolute Gasteiger partial charge is 0.530 e. The smallest absolute Gasteiger partial charge is 0.137 e. The summed E-state index contributed by atoms with van der Waals surface area (Å²) >= 11 is 0. The van der Waals surface area contributed by atoms with Crippen LogP contribution in [-0.2, 0) is 6.54 Å². The van der Waals surface area contributed by atoms with Crippen molar-refractivity contribution in [3.8, 4) is 0 Å². The van der Waals surface area contributed by atoms with Crippen LogP contribution in [0, 0.1) is 6.92 Å². The average molecular weight is 248 g/mol. The normalized spacial score (nSPS) is 16.8. The Balaban J connectivity index is 1.91. The van der Waals surface area contributed by atoms with Crippen molar-refractivity contribution in [1.82, 2.24) is 9.80 Å². The molecule has 1 aromatic rings. The van der Waals surface area contributed by atoms with Crippen LogP contribution in [0.2, 0.25) is 0 Å². The van der Waals surface area contributed by atoms with Crippen LogP contribution in [0.15, 0.2) is 18.2 Å². The lowest BCUT2D eigenvalue weighted by Crippen LogP contribution is -2.52. The molecule has 0 bridgehead atoms. The Morgan fingerprint density at radius 2 is 2.00 bits per heavy atom. The second kappa shape index (κ2) is 5.27. The van der Waals surface area contributed by atoms with Gasteiger partial charge in [-0.3, -0.25) is 4.90 Å². The standard InChI is InChI=1S/C13H19N3O2/c1-10-2-3-11(8-12(10)14)9-15-4-6-16(7-5-15)13(17)18/h2-3,8H,4-7,9,14H2,1H3,(H,17,18)/p-1. The number of piperazine rings is 1. The molecule has 1 fully saturated rings. The van der Waals surface area contributed by atoms with Gasteiger partial charge < -0.3 is 20.5 Å². The molecule has 1 heterocycles. The van der Waals surface area contributed by atoms with Crippen molar-refractivity contribution in [3.05, 3.63) is 29.3 Å². The molecule has 2 rings (SSSR count). The molecule has 0 unspecified atom stereocenters. The first kappa shape index (κ1) is 12.7. The Kier molecular flexibility index (Phi) is 3.72. The summed E-state index contributed by atoms with van der Waals surface area (Å²) in [5.41, 5.74) is 8.93. The van der Waals surface area contributed by atoms with Crippen LogP contribution in [0.3, 0.4) is 0 Å². The number of hydrogen-bond donors (Lipinski definition) is 1. The molecule has 1 aliphatic rings. The molecule has 5 heteroatoms. The van der Waals surface area contributed by atoms with E-state index in [4.69, 9.17) is 5.73 Å². The maximum Gasteiger partial charge on any atom is 0.137 e. The number of aryl methyl sites for hydroxylation is 1. The Hall–Kier alpha value is -1.75. The second-order valence-electron chi connectivity index (χ2n) is 4.72. The number of rotatable bonds is 2. The topological polar surface area (TPSA) is 72.6 Å². The SMILES string of the molecule is Cc1ccc(CN2CCN(C(=O)[O-])CC2)cc1N. The quantitative estimate of drug-likeness (QED) is 0.750. The van der Waals surface area contributed by atoms with E-state index in [1.54, 1.807) is 0 Å². The molecule has 0 radical (unpaired) electrons. The summed E-state index contributed by atoms with van der Waals surface area (Å²) in [6.07, 6.45) is -1.07. The fourth-order valence-corrected chi connectivity index (χ4v) is 2.14. The van der Waals surface area contributed by atoms with Gasteiger partial charge in [0, 0.05) is 38.4 Å². The molecule has 1 aromatic carbocycles. The van der Waals surface area contributed by atoms with E-state index in [1.807, 2.05) is 19.1 Å². The van der Waals surface area contributed by atoms with Gasteiger partial charge in [0.2, 0.25) is 0 Å². The maximum absolute atomic E-state index is 10.7. The van der Waals surface area contributed by atoms with Gasteiger partial charge in [-0.05, 0) is 24.1 Å². The molecule has 2 N–H and O–H groups in total. The lowest BCUT2D eigenvalue weighted by Gasteiger charge is -2.36. The van der Waals surface area contributed by atoms with Crippen LogP contribution in [0.25, 0.3) is 0 Å². The molecule has 1 saturated heterocycles. The van der Waals surface area contributed by atoms with E-state index in [1.165, 1.54) is 10.5 Å². The number of amides is 1. The van der Waals surface area contributed by atoms with Gasteiger partial charge in [-0.1, -0.05) is 12.1 Å². The van der Waals surface area contributed by atoms with Gasteiger partial charge in [0.1, 0.15) is 6.09 Å². The van der Waals surface area contributed by atoms with Gasteiger partial charge in [0.15, 0.2) is 0 Å². The first-order valence-corrected chi connectivity index (χ1v) is 6.09. The third-order valence-electron chi connectivity index (χ3n) is 3.38. The predicted molar refractivity (Wildman–Crippen MR) is 67.8 cm³/mol. The van der Waals surface area contributed by atoms with E-state index in [0.29, 0.717) is 13.1 Å². The summed E-state index contributed by atoms with van der Waals surface area (Å²) in [4.78, 5) is 14.3. The third kappa shape index (κ3) is 2.92. The van der Waals surface area contributed by atoms with Crippen molar-refractivity contribution in [3.63, 3.8) is 0 Å². The molecule has 0 spiro atoms.